The quantitative estimate of drug-likeness (QED) is 0.853. The van der Waals surface area contributed by atoms with Crippen LogP contribution < -0.4 is 0 Å². The second-order valence-electron chi connectivity index (χ2n) is 5.85. The summed E-state index contributed by atoms with van der Waals surface area (Å²) in [6, 6.07) is 6.20. The first-order valence-electron chi connectivity index (χ1n) is 7.08. The van der Waals surface area contributed by atoms with E-state index < -0.39 is 15.1 Å². The first kappa shape index (κ1) is 16.3. The van der Waals surface area contributed by atoms with Crippen molar-refractivity contribution in [3.63, 3.8) is 0 Å². The van der Waals surface area contributed by atoms with E-state index in [4.69, 9.17) is 11.6 Å². The van der Waals surface area contributed by atoms with E-state index in [9.17, 15) is 13.2 Å². The number of carbonyl (C=O) groups excluding carboxylic acids is 1. The number of hydrogen-bond acceptors (Lipinski definition) is 3. The zero-order valence-corrected chi connectivity index (χ0v) is 13.8. The van der Waals surface area contributed by atoms with E-state index in [1.54, 1.807) is 17.0 Å². The fourth-order valence-corrected chi connectivity index (χ4v) is 4.32. The van der Waals surface area contributed by atoms with Gasteiger partial charge in [-0.3, -0.25) is 4.79 Å². The highest BCUT2D eigenvalue weighted by atomic mass is 35.5. The van der Waals surface area contributed by atoms with Crippen LogP contribution in [0.5, 0.6) is 0 Å². The van der Waals surface area contributed by atoms with Gasteiger partial charge in [-0.05, 0) is 36.6 Å². The van der Waals surface area contributed by atoms with Gasteiger partial charge in [0, 0.05) is 24.5 Å². The molecule has 0 aromatic heterocycles. The summed E-state index contributed by atoms with van der Waals surface area (Å²) in [5.41, 5.74) is 0. The molecular formula is C15H20ClNO3S. The van der Waals surface area contributed by atoms with Crippen molar-refractivity contribution in [1.82, 2.24) is 4.90 Å². The lowest BCUT2D eigenvalue weighted by Gasteiger charge is -2.18. The van der Waals surface area contributed by atoms with Crippen molar-refractivity contribution in [3.8, 4) is 0 Å². The Hall–Kier alpha value is -1.07. The Balaban J connectivity index is 2.10. The first-order valence-corrected chi connectivity index (χ1v) is 9.00. The maximum absolute atomic E-state index is 12.6. The number of halogens is 1. The molecule has 1 aromatic rings. The molecule has 21 heavy (non-hydrogen) atoms. The maximum atomic E-state index is 12.6. The van der Waals surface area contributed by atoms with Crippen molar-refractivity contribution in [2.24, 2.45) is 5.92 Å². The Morgan fingerprint density at radius 2 is 1.95 bits per heavy atom. The topological polar surface area (TPSA) is 54.5 Å². The van der Waals surface area contributed by atoms with Gasteiger partial charge in [0.1, 0.15) is 0 Å². The summed E-state index contributed by atoms with van der Waals surface area (Å²) in [5, 5.41) is -0.0103. The number of amides is 1. The Morgan fingerprint density at radius 3 is 2.52 bits per heavy atom. The minimum absolute atomic E-state index is 0.0406. The van der Waals surface area contributed by atoms with Gasteiger partial charge in [0.15, 0.2) is 9.84 Å². The molecule has 0 saturated carbocycles. The molecule has 1 aliphatic heterocycles. The standard InChI is InChI=1S/C15H20ClNO3S/c1-11(2)9-15(18)17-8-7-14(10-17)21(19,20)13-5-3-12(16)4-6-13/h3-6,11,14H,7-10H2,1-2H3. The smallest absolute Gasteiger partial charge is 0.222 e. The van der Waals surface area contributed by atoms with E-state index in [0.717, 1.165) is 0 Å². The monoisotopic (exact) mass is 329 g/mol. The van der Waals surface area contributed by atoms with Crippen LogP contribution in [-0.4, -0.2) is 37.6 Å². The molecule has 6 heteroatoms. The Kier molecular flexibility index (Phi) is 4.94. The molecule has 0 N–H and O–H groups in total. The average molecular weight is 330 g/mol. The molecule has 4 nitrogen and oxygen atoms in total. The SMILES string of the molecule is CC(C)CC(=O)N1CCC(S(=O)(=O)c2ccc(Cl)cc2)C1. The average Bonchev–Trinajstić information content (AvgIpc) is 2.88. The fraction of sp³-hybridized carbons (Fsp3) is 0.533. The summed E-state index contributed by atoms with van der Waals surface area (Å²) in [6.45, 7) is 4.77. The molecule has 1 aliphatic rings. The first-order chi connectivity index (χ1) is 9.80. The third-order valence-electron chi connectivity index (χ3n) is 3.66. The molecule has 1 fully saturated rings. The zero-order chi connectivity index (χ0) is 15.6. The molecule has 0 radical (unpaired) electrons. The van der Waals surface area contributed by atoms with E-state index in [1.165, 1.54) is 12.1 Å². The number of rotatable bonds is 4. The third-order valence-corrected chi connectivity index (χ3v) is 6.11. The van der Waals surface area contributed by atoms with Crippen molar-refractivity contribution in [3.05, 3.63) is 29.3 Å². The molecule has 0 bridgehead atoms. The number of likely N-dealkylation sites (tertiary alicyclic amines) is 1. The van der Waals surface area contributed by atoms with E-state index >= 15 is 0 Å². The zero-order valence-electron chi connectivity index (χ0n) is 12.3. The lowest BCUT2D eigenvalue weighted by atomic mass is 10.1. The van der Waals surface area contributed by atoms with Gasteiger partial charge in [0.2, 0.25) is 5.91 Å². The Labute approximate surface area is 131 Å². The number of carbonyl (C=O) groups is 1. The van der Waals surface area contributed by atoms with Crippen molar-refractivity contribution in [2.45, 2.75) is 36.8 Å². The van der Waals surface area contributed by atoms with Crippen molar-refractivity contribution in [2.75, 3.05) is 13.1 Å². The highest BCUT2D eigenvalue weighted by Gasteiger charge is 2.35. The molecule has 2 rings (SSSR count). The summed E-state index contributed by atoms with van der Waals surface area (Å²) >= 11 is 5.79. The number of benzene rings is 1. The highest BCUT2D eigenvalue weighted by Crippen LogP contribution is 2.25. The van der Waals surface area contributed by atoms with Crippen molar-refractivity contribution in [1.29, 1.82) is 0 Å². The summed E-state index contributed by atoms with van der Waals surface area (Å²) in [4.78, 5) is 14.0. The van der Waals surface area contributed by atoms with Gasteiger partial charge >= 0.3 is 0 Å². The van der Waals surface area contributed by atoms with E-state index in [-0.39, 0.29) is 23.3 Å². The molecule has 1 atom stereocenters. The van der Waals surface area contributed by atoms with Crippen LogP contribution in [0.3, 0.4) is 0 Å². The highest BCUT2D eigenvalue weighted by molar-refractivity contribution is 7.92. The van der Waals surface area contributed by atoms with Crippen molar-refractivity contribution < 1.29 is 13.2 Å². The lowest BCUT2D eigenvalue weighted by Crippen LogP contribution is -2.32. The van der Waals surface area contributed by atoms with Gasteiger partial charge in [0.05, 0.1) is 10.1 Å². The summed E-state index contributed by atoms with van der Waals surface area (Å²) in [7, 11) is -3.40. The molecule has 0 aliphatic carbocycles. The van der Waals surface area contributed by atoms with Gasteiger partial charge in [-0.1, -0.05) is 25.4 Å². The number of hydrogen-bond donors (Lipinski definition) is 0. The molecule has 1 heterocycles. The third kappa shape index (κ3) is 3.77. The van der Waals surface area contributed by atoms with Gasteiger partial charge in [0.25, 0.3) is 0 Å². The van der Waals surface area contributed by atoms with Crippen LogP contribution in [0.25, 0.3) is 0 Å². The van der Waals surface area contributed by atoms with Crippen LogP contribution >= 0.6 is 11.6 Å². The van der Waals surface area contributed by atoms with Crippen LogP contribution in [0.1, 0.15) is 26.7 Å². The van der Waals surface area contributed by atoms with Gasteiger partial charge < -0.3 is 4.90 Å². The van der Waals surface area contributed by atoms with E-state index in [0.29, 0.717) is 24.4 Å². The lowest BCUT2D eigenvalue weighted by molar-refractivity contribution is -0.130. The minimum Gasteiger partial charge on any atom is -0.341 e. The van der Waals surface area contributed by atoms with Crippen LogP contribution in [0.2, 0.25) is 5.02 Å². The number of sulfone groups is 1. The molecule has 1 unspecified atom stereocenters. The second-order valence-corrected chi connectivity index (χ2v) is 8.51. The molecular weight excluding hydrogens is 310 g/mol. The summed E-state index contributed by atoms with van der Waals surface area (Å²) in [5.74, 6) is 0.322. The van der Waals surface area contributed by atoms with Gasteiger partial charge in [-0.15, -0.1) is 0 Å². The summed E-state index contributed by atoms with van der Waals surface area (Å²) < 4.78 is 25.1. The van der Waals surface area contributed by atoms with Crippen LogP contribution in [-0.2, 0) is 14.6 Å². The minimum atomic E-state index is -3.40. The second kappa shape index (κ2) is 6.36. The molecule has 0 spiro atoms. The Morgan fingerprint density at radius 1 is 1.33 bits per heavy atom. The molecule has 1 saturated heterocycles. The van der Waals surface area contributed by atoms with Crippen molar-refractivity contribution >= 4 is 27.3 Å². The largest absolute Gasteiger partial charge is 0.341 e. The summed E-state index contributed by atoms with van der Waals surface area (Å²) in [6.07, 6.45) is 0.961. The molecule has 1 amide bonds. The van der Waals surface area contributed by atoms with Gasteiger partial charge in [-0.25, -0.2) is 8.42 Å². The van der Waals surface area contributed by atoms with E-state index in [1.807, 2.05) is 13.8 Å². The maximum Gasteiger partial charge on any atom is 0.222 e. The Bertz CT molecular complexity index is 610. The van der Waals surface area contributed by atoms with Crippen LogP contribution in [0.15, 0.2) is 29.2 Å². The predicted octanol–water partition coefficient (Wildman–Crippen LogP) is 2.76. The van der Waals surface area contributed by atoms with E-state index in [2.05, 4.69) is 0 Å². The van der Waals surface area contributed by atoms with Gasteiger partial charge in [-0.2, -0.15) is 0 Å². The van der Waals surface area contributed by atoms with Crippen LogP contribution in [0, 0.1) is 5.92 Å². The fourth-order valence-electron chi connectivity index (χ4n) is 2.50. The van der Waals surface area contributed by atoms with Crippen LogP contribution in [0.4, 0.5) is 0 Å². The molecule has 1 aromatic carbocycles. The normalized spacial score (nSPS) is 19.2. The number of nitrogens with zero attached hydrogens (tertiary/aromatic N) is 1. The molecule has 116 valence electrons. The predicted molar refractivity (Wildman–Crippen MR) is 83.1 cm³/mol.